The number of amides is 2. The summed E-state index contributed by atoms with van der Waals surface area (Å²) in [5.74, 6) is -3.65. The van der Waals surface area contributed by atoms with Crippen molar-refractivity contribution < 1.29 is 22.4 Å². The molecule has 9 heteroatoms. The molecule has 2 amide bonds. The van der Waals surface area contributed by atoms with Crippen molar-refractivity contribution in [3.8, 4) is 11.1 Å². The van der Waals surface area contributed by atoms with Crippen LogP contribution in [0.5, 0.6) is 0 Å². The van der Waals surface area contributed by atoms with Crippen molar-refractivity contribution in [1.82, 2.24) is 9.88 Å². The molecule has 0 unspecified atom stereocenters. The molecule has 0 bridgehead atoms. The first-order valence-corrected chi connectivity index (χ1v) is 10.5. The van der Waals surface area contributed by atoms with Crippen LogP contribution < -0.4 is 10.2 Å². The fourth-order valence-electron chi connectivity index (χ4n) is 4.34. The number of benzene rings is 2. The summed E-state index contributed by atoms with van der Waals surface area (Å²) in [5, 5.41) is 2.75. The van der Waals surface area contributed by atoms with Crippen molar-refractivity contribution in [2.75, 3.05) is 23.3 Å². The lowest BCUT2D eigenvalue weighted by Gasteiger charge is -2.24. The van der Waals surface area contributed by atoms with Gasteiger partial charge in [-0.15, -0.1) is 0 Å². The van der Waals surface area contributed by atoms with Crippen molar-refractivity contribution in [2.24, 2.45) is 0 Å². The van der Waals surface area contributed by atoms with Gasteiger partial charge in [-0.1, -0.05) is 30.3 Å². The first-order chi connectivity index (χ1) is 15.8. The normalized spacial score (nSPS) is 16.7. The fraction of sp³-hybridized carbons (Fsp3) is 0.250. The van der Waals surface area contributed by atoms with Crippen molar-refractivity contribution in [3.63, 3.8) is 0 Å². The Hall–Kier alpha value is -3.62. The summed E-state index contributed by atoms with van der Waals surface area (Å²) in [7, 11) is 0. The maximum atomic E-state index is 14.6. The molecule has 1 N–H and O–H groups in total. The first kappa shape index (κ1) is 21.2. The van der Waals surface area contributed by atoms with Crippen LogP contribution in [0.15, 0.2) is 54.7 Å². The number of nitrogens with one attached hydrogen (secondary N) is 1. The van der Waals surface area contributed by atoms with Crippen LogP contribution in [0, 0.1) is 11.6 Å². The largest absolute Gasteiger partial charge is 0.349 e. The topological polar surface area (TPSA) is 48.5 Å². The summed E-state index contributed by atoms with van der Waals surface area (Å²) >= 11 is 0. The second kappa shape index (κ2) is 8.06. The third-order valence-corrected chi connectivity index (χ3v) is 6.01. The number of hydrogen-bond acceptors (Lipinski definition) is 3. The molecule has 0 atom stereocenters. The van der Waals surface area contributed by atoms with Gasteiger partial charge in [-0.25, -0.2) is 27.3 Å². The Labute approximate surface area is 187 Å². The summed E-state index contributed by atoms with van der Waals surface area (Å²) in [5.41, 5.74) is 1.81. The quantitative estimate of drug-likeness (QED) is 0.536. The third-order valence-electron chi connectivity index (χ3n) is 6.01. The van der Waals surface area contributed by atoms with Gasteiger partial charge in [0.2, 0.25) is 0 Å². The van der Waals surface area contributed by atoms with E-state index in [1.165, 1.54) is 40.3 Å². The van der Waals surface area contributed by atoms with Crippen LogP contribution in [-0.2, 0) is 13.1 Å². The number of fused-ring (bicyclic) bond motifs is 1. The molecule has 33 heavy (non-hydrogen) atoms. The van der Waals surface area contributed by atoms with E-state index in [-0.39, 0.29) is 43.1 Å². The number of anilines is 2. The van der Waals surface area contributed by atoms with Gasteiger partial charge in [0, 0.05) is 42.4 Å². The second-order valence-electron chi connectivity index (χ2n) is 8.23. The van der Waals surface area contributed by atoms with E-state index in [1.807, 2.05) is 0 Å². The maximum absolute atomic E-state index is 14.6. The summed E-state index contributed by atoms with van der Waals surface area (Å²) in [6.45, 7) is -0.237. The van der Waals surface area contributed by atoms with Gasteiger partial charge in [0.05, 0.1) is 18.8 Å². The highest BCUT2D eigenvalue weighted by atomic mass is 19.3. The second-order valence-corrected chi connectivity index (χ2v) is 8.23. The SMILES string of the molecule is O=C(Nc1c(-c2ccccc2F)ccnc1N1CCC(F)(F)C1)N1Cc2cccc(F)c2C1. The molecule has 2 aliphatic heterocycles. The molecule has 1 saturated heterocycles. The minimum absolute atomic E-state index is 0.0456. The van der Waals surface area contributed by atoms with E-state index < -0.39 is 30.1 Å². The number of aromatic nitrogens is 1. The number of carbonyl (C=O) groups is 1. The average molecular weight is 456 g/mol. The fourth-order valence-corrected chi connectivity index (χ4v) is 4.34. The number of urea groups is 1. The van der Waals surface area contributed by atoms with Gasteiger partial charge in [0.1, 0.15) is 11.6 Å². The van der Waals surface area contributed by atoms with Crippen LogP contribution >= 0.6 is 0 Å². The molecule has 0 radical (unpaired) electrons. The average Bonchev–Trinajstić information content (AvgIpc) is 3.38. The number of pyridine rings is 1. The van der Waals surface area contributed by atoms with Crippen LogP contribution in [0.2, 0.25) is 0 Å². The molecule has 5 nitrogen and oxygen atoms in total. The van der Waals surface area contributed by atoms with Crippen LogP contribution in [-0.4, -0.2) is 34.9 Å². The predicted octanol–water partition coefficient (Wildman–Crippen LogP) is 5.42. The predicted molar refractivity (Wildman–Crippen MR) is 116 cm³/mol. The van der Waals surface area contributed by atoms with Crippen molar-refractivity contribution in [2.45, 2.75) is 25.4 Å². The number of halogens is 4. The highest BCUT2D eigenvalue weighted by Gasteiger charge is 2.40. The molecule has 2 aliphatic rings. The number of alkyl halides is 2. The van der Waals surface area contributed by atoms with Gasteiger partial charge in [-0.2, -0.15) is 0 Å². The Kier molecular flexibility index (Phi) is 5.19. The van der Waals surface area contributed by atoms with Gasteiger partial charge in [0.25, 0.3) is 5.92 Å². The van der Waals surface area contributed by atoms with Crippen LogP contribution in [0.25, 0.3) is 11.1 Å². The number of carbonyl (C=O) groups excluding carboxylic acids is 1. The van der Waals surface area contributed by atoms with Gasteiger partial charge in [-0.3, -0.25) is 0 Å². The smallest absolute Gasteiger partial charge is 0.322 e. The van der Waals surface area contributed by atoms with Crippen LogP contribution in [0.4, 0.5) is 33.9 Å². The Bertz CT molecular complexity index is 1230. The lowest BCUT2D eigenvalue weighted by molar-refractivity contribution is 0.0257. The Morgan fingerprint density at radius 3 is 2.48 bits per heavy atom. The number of nitrogens with zero attached hydrogens (tertiary/aromatic N) is 3. The number of rotatable bonds is 3. The highest BCUT2D eigenvalue weighted by molar-refractivity contribution is 5.99. The zero-order chi connectivity index (χ0) is 23.2. The van der Waals surface area contributed by atoms with E-state index >= 15 is 0 Å². The van der Waals surface area contributed by atoms with Gasteiger partial charge in [0.15, 0.2) is 5.82 Å². The lowest BCUT2D eigenvalue weighted by Crippen LogP contribution is -2.32. The highest BCUT2D eigenvalue weighted by Crippen LogP contribution is 2.40. The number of hydrogen-bond donors (Lipinski definition) is 1. The van der Waals surface area contributed by atoms with E-state index in [4.69, 9.17) is 0 Å². The molecule has 5 rings (SSSR count). The lowest BCUT2D eigenvalue weighted by atomic mass is 10.0. The Morgan fingerprint density at radius 2 is 1.76 bits per heavy atom. The van der Waals surface area contributed by atoms with Crippen molar-refractivity contribution >= 4 is 17.5 Å². The monoisotopic (exact) mass is 456 g/mol. The third kappa shape index (κ3) is 3.99. The van der Waals surface area contributed by atoms with Gasteiger partial charge < -0.3 is 15.1 Å². The Morgan fingerprint density at radius 1 is 0.970 bits per heavy atom. The van der Waals surface area contributed by atoms with Crippen molar-refractivity contribution in [1.29, 1.82) is 0 Å². The first-order valence-electron chi connectivity index (χ1n) is 10.5. The molecule has 0 spiro atoms. The minimum Gasteiger partial charge on any atom is -0.349 e. The molecule has 1 fully saturated rings. The molecular formula is C24H20F4N4O. The zero-order valence-electron chi connectivity index (χ0n) is 17.5. The van der Waals surface area contributed by atoms with E-state index in [1.54, 1.807) is 24.3 Å². The standard InChI is InChI=1S/C24H20F4N4O/c25-19-6-2-1-5-16(19)17-8-10-29-22(31-11-9-24(27,28)14-31)21(17)30-23(33)32-12-15-4-3-7-20(26)18(15)13-32/h1-8,10H,9,11-14H2,(H,30,33). The van der Waals surface area contributed by atoms with Gasteiger partial charge >= 0.3 is 6.03 Å². The molecule has 2 aromatic carbocycles. The minimum atomic E-state index is -2.88. The molecule has 3 aromatic rings. The summed E-state index contributed by atoms with van der Waals surface area (Å²) in [4.78, 5) is 20.2. The molecule has 0 saturated carbocycles. The van der Waals surface area contributed by atoms with Crippen LogP contribution in [0.1, 0.15) is 17.5 Å². The molecule has 3 heterocycles. The van der Waals surface area contributed by atoms with E-state index in [0.717, 1.165) is 0 Å². The van der Waals surface area contributed by atoms with E-state index in [9.17, 15) is 22.4 Å². The molecule has 170 valence electrons. The molecular weight excluding hydrogens is 436 g/mol. The van der Waals surface area contributed by atoms with E-state index in [0.29, 0.717) is 16.7 Å². The zero-order valence-corrected chi connectivity index (χ0v) is 17.5. The van der Waals surface area contributed by atoms with Crippen LogP contribution in [0.3, 0.4) is 0 Å². The summed E-state index contributed by atoms with van der Waals surface area (Å²) in [6.07, 6.45) is 1.07. The summed E-state index contributed by atoms with van der Waals surface area (Å²) < 4.78 is 56.6. The maximum Gasteiger partial charge on any atom is 0.322 e. The molecule has 0 aliphatic carbocycles. The summed E-state index contributed by atoms with van der Waals surface area (Å²) in [6, 6.07) is 11.7. The molecule has 1 aromatic heterocycles. The Balaban J connectivity index is 1.52. The van der Waals surface area contributed by atoms with Crippen molar-refractivity contribution in [3.05, 3.63) is 77.5 Å². The van der Waals surface area contributed by atoms with Gasteiger partial charge in [-0.05, 0) is 23.8 Å². The van der Waals surface area contributed by atoms with E-state index in [2.05, 4.69) is 10.3 Å².